The van der Waals surface area contributed by atoms with Crippen LogP contribution in [-0.2, 0) is 6.54 Å². The number of pyridine rings is 1. The average molecular weight is 236 g/mol. The van der Waals surface area contributed by atoms with E-state index in [1.807, 2.05) is 12.1 Å². The van der Waals surface area contributed by atoms with Gasteiger partial charge in [-0.3, -0.25) is 4.98 Å². The predicted molar refractivity (Wildman–Crippen MR) is 58.6 cm³/mol. The quantitative estimate of drug-likeness (QED) is 0.885. The Morgan fingerprint density at radius 1 is 1.12 bits per heavy atom. The van der Waals surface area contributed by atoms with Crippen LogP contribution in [0, 0.1) is 0 Å². The monoisotopic (exact) mass is 236 g/mol. The van der Waals surface area contributed by atoms with Crippen LogP contribution in [0.5, 0.6) is 0 Å². The van der Waals surface area contributed by atoms with E-state index in [4.69, 9.17) is 0 Å². The van der Waals surface area contributed by atoms with Crippen molar-refractivity contribution >= 4 is 5.95 Å². The lowest BCUT2D eigenvalue weighted by Gasteiger charge is -2.05. The van der Waals surface area contributed by atoms with Crippen molar-refractivity contribution in [3.8, 4) is 0 Å². The molecule has 0 radical (unpaired) electrons. The number of hydrogen-bond acceptors (Lipinski definition) is 4. The van der Waals surface area contributed by atoms with Crippen LogP contribution < -0.4 is 5.32 Å². The largest absolute Gasteiger partial charge is 0.350 e. The molecule has 88 valence electrons. The number of nitrogens with zero attached hydrogens (tertiary/aromatic N) is 3. The van der Waals surface area contributed by atoms with Crippen LogP contribution in [0.25, 0.3) is 0 Å². The summed E-state index contributed by atoms with van der Waals surface area (Å²) in [6.45, 7) is 0.524. The van der Waals surface area contributed by atoms with Crippen molar-refractivity contribution in [1.29, 1.82) is 0 Å². The molecule has 0 saturated heterocycles. The minimum atomic E-state index is -2.54. The van der Waals surface area contributed by atoms with Crippen molar-refractivity contribution < 1.29 is 8.78 Å². The first-order valence-electron chi connectivity index (χ1n) is 4.98. The van der Waals surface area contributed by atoms with Crippen LogP contribution in [0.2, 0.25) is 0 Å². The minimum Gasteiger partial charge on any atom is -0.350 e. The number of alkyl halides is 2. The van der Waals surface area contributed by atoms with Gasteiger partial charge in [0.2, 0.25) is 5.95 Å². The third-order valence-corrected chi connectivity index (χ3v) is 2.12. The van der Waals surface area contributed by atoms with Gasteiger partial charge in [0.25, 0.3) is 6.43 Å². The Kier molecular flexibility index (Phi) is 3.54. The molecular weight excluding hydrogens is 226 g/mol. The van der Waals surface area contributed by atoms with Gasteiger partial charge in [-0.05, 0) is 17.7 Å². The fourth-order valence-electron chi connectivity index (χ4n) is 1.22. The van der Waals surface area contributed by atoms with Crippen molar-refractivity contribution in [2.45, 2.75) is 13.0 Å². The lowest BCUT2D eigenvalue weighted by Crippen LogP contribution is -2.03. The number of halogens is 2. The minimum absolute atomic E-state index is 0.181. The van der Waals surface area contributed by atoms with Crippen molar-refractivity contribution in [3.63, 3.8) is 0 Å². The third-order valence-electron chi connectivity index (χ3n) is 2.12. The van der Waals surface area contributed by atoms with Crippen LogP contribution in [0.1, 0.15) is 17.6 Å². The SMILES string of the molecule is FC(F)c1cnc(NCc2ccncc2)nc1. The molecule has 4 nitrogen and oxygen atoms in total. The Labute approximate surface area is 96.8 Å². The van der Waals surface area contributed by atoms with E-state index in [-0.39, 0.29) is 5.56 Å². The van der Waals surface area contributed by atoms with E-state index in [1.165, 1.54) is 0 Å². The van der Waals surface area contributed by atoms with E-state index in [1.54, 1.807) is 12.4 Å². The smallest absolute Gasteiger partial charge is 0.266 e. The van der Waals surface area contributed by atoms with E-state index < -0.39 is 6.43 Å². The molecule has 0 unspecified atom stereocenters. The highest BCUT2D eigenvalue weighted by Crippen LogP contribution is 2.16. The molecule has 0 saturated carbocycles. The molecule has 0 spiro atoms. The zero-order valence-electron chi connectivity index (χ0n) is 8.85. The molecule has 2 aromatic heterocycles. The van der Waals surface area contributed by atoms with Crippen molar-refractivity contribution in [1.82, 2.24) is 15.0 Å². The van der Waals surface area contributed by atoms with Gasteiger partial charge in [-0.15, -0.1) is 0 Å². The van der Waals surface area contributed by atoms with Crippen molar-refractivity contribution in [2.24, 2.45) is 0 Å². The summed E-state index contributed by atoms with van der Waals surface area (Å²) in [5.41, 5.74) is 0.834. The molecule has 0 bridgehead atoms. The topological polar surface area (TPSA) is 50.7 Å². The van der Waals surface area contributed by atoms with Crippen LogP contribution in [0.4, 0.5) is 14.7 Å². The molecule has 2 aromatic rings. The highest BCUT2D eigenvalue weighted by molar-refractivity contribution is 5.27. The molecule has 2 rings (SSSR count). The summed E-state index contributed by atoms with van der Waals surface area (Å²) in [4.78, 5) is 11.5. The summed E-state index contributed by atoms with van der Waals surface area (Å²) in [6.07, 6.45) is 3.05. The molecule has 2 heterocycles. The van der Waals surface area contributed by atoms with E-state index >= 15 is 0 Å². The molecule has 1 N–H and O–H groups in total. The zero-order valence-corrected chi connectivity index (χ0v) is 8.85. The van der Waals surface area contributed by atoms with Crippen molar-refractivity contribution in [2.75, 3.05) is 5.32 Å². The summed E-state index contributed by atoms with van der Waals surface area (Å²) in [5.74, 6) is 0.325. The average Bonchev–Trinajstić information content (AvgIpc) is 2.38. The van der Waals surface area contributed by atoms with E-state index in [9.17, 15) is 8.78 Å². The number of rotatable bonds is 4. The molecule has 0 aliphatic carbocycles. The highest BCUT2D eigenvalue weighted by Gasteiger charge is 2.07. The zero-order chi connectivity index (χ0) is 12.1. The molecule has 0 atom stereocenters. The van der Waals surface area contributed by atoms with Gasteiger partial charge in [-0.1, -0.05) is 0 Å². The van der Waals surface area contributed by atoms with Crippen LogP contribution in [0.3, 0.4) is 0 Å². The maximum Gasteiger partial charge on any atom is 0.266 e. The van der Waals surface area contributed by atoms with E-state index in [0.29, 0.717) is 12.5 Å². The standard InChI is InChI=1S/C11H10F2N4/c12-10(13)9-6-16-11(17-7-9)15-5-8-1-3-14-4-2-8/h1-4,6-7,10H,5H2,(H,15,16,17). The van der Waals surface area contributed by atoms with Crippen LogP contribution in [-0.4, -0.2) is 15.0 Å². The number of hydrogen-bond donors (Lipinski definition) is 1. The van der Waals surface area contributed by atoms with E-state index in [2.05, 4.69) is 20.3 Å². The first-order chi connectivity index (χ1) is 8.25. The molecule has 6 heteroatoms. The first kappa shape index (κ1) is 11.4. The summed E-state index contributed by atoms with van der Waals surface area (Å²) in [5, 5.41) is 2.93. The number of aromatic nitrogens is 3. The Morgan fingerprint density at radius 3 is 2.35 bits per heavy atom. The van der Waals surface area contributed by atoms with Gasteiger partial charge in [0.1, 0.15) is 0 Å². The fraction of sp³-hybridized carbons (Fsp3) is 0.182. The summed E-state index contributed by atoms with van der Waals surface area (Å²) >= 11 is 0. The predicted octanol–water partition coefficient (Wildman–Crippen LogP) is 2.42. The van der Waals surface area contributed by atoms with E-state index in [0.717, 1.165) is 18.0 Å². The van der Waals surface area contributed by atoms with Gasteiger partial charge >= 0.3 is 0 Å². The molecular formula is C11H10F2N4. The second kappa shape index (κ2) is 5.29. The molecule has 0 amide bonds. The van der Waals surface area contributed by atoms with Gasteiger partial charge in [0.05, 0.1) is 5.56 Å². The fourth-order valence-corrected chi connectivity index (χ4v) is 1.22. The molecule has 0 aliphatic heterocycles. The van der Waals surface area contributed by atoms with Crippen LogP contribution in [0.15, 0.2) is 36.9 Å². The molecule has 0 fully saturated rings. The summed E-state index contributed by atoms with van der Waals surface area (Å²) in [6, 6.07) is 3.70. The molecule has 0 aliphatic rings. The highest BCUT2D eigenvalue weighted by atomic mass is 19.3. The Balaban J connectivity index is 1.96. The Hall–Kier alpha value is -2.11. The molecule has 0 aromatic carbocycles. The van der Waals surface area contributed by atoms with Gasteiger partial charge in [-0.2, -0.15) is 0 Å². The third kappa shape index (κ3) is 3.17. The van der Waals surface area contributed by atoms with Gasteiger partial charge in [0, 0.05) is 31.3 Å². The normalized spacial score (nSPS) is 10.5. The second-order valence-corrected chi connectivity index (χ2v) is 3.35. The maximum absolute atomic E-state index is 12.2. The Morgan fingerprint density at radius 2 is 1.76 bits per heavy atom. The van der Waals surface area contributed by atoms with Crippen LogP contribution >= 0.6 is 0 Å². The van der Waals surface area contributed by atoms with Gasteiger partial charge < -0.3 is 5.32 Å². The molecule has 17 heavy (non-hydrogen) atoms. The summed E-state index contributed by atoms with van der Waals surface area (Å²) in [7, 11) is 0. The number of anilines is 1. The number of nitrogens with one attached hydrogen (secondary N) is 1. The summed E-state index contributed by atoms with van der Waals surface area (Å²) < 4.78 is 24.5. The second-order valence-electron chi connectivity index (χ2n) is 3.35. The Bertz CT molecular complexity index is 459. The lowest BCUT2D eigenvalue weighted by molar-refractivity contribution is 0.150. The lowest BCUT2D eigenvalue weighted by atomic mass is 10.3. The van der Waals surface area contributed by atoms with Gasteiger partial charge in [0.15, 0.2) is 0 Å². The first-order valence-corrected chi connectivity index (χ1v) is 4.98. The van der Waals surface area contributed by atoms with Gasteiger partial charge in [-0.25, -0.2) is 18.7 Å². The maximum atomic E-state index is 12.2. The van der Waals surface area contributed by atoms with Crippen molar-refractivity contribution in [3.05, 3.63) is 48.0 Å².